The predicted molar refractivity (Wildman–Crippen MR) is 32.5 cm³/mol. The fourth-order valence-electron chi connectivity index (χ4n) is 0. The zero-order chi connectivity index (χ0) is 5.21. The average Bonchev–Trinajstić information content (AvgIpc) is 1.35. The molecule has 0 heterocycles. The van der Waals surface area contributed by atoms with Gasteiger partial charge in [-0.1, -0.05) is 19.6 Å². The van der Waals surface area contributed by atoms with E-state index in [2.05, 4.69) is 19.6 Å². The van der Waals surface area contributed by atoms with Crippen molar-refractivity contribution in [2.75, 3.05) is 6.17 Å². The monoisotopic (exact) mass is 109 g/mol. The van der Waals surface area contributed by atoms with E-state index in [4.69, 9.17) is 5.73 Å². The summed E-state index contributed by atoms with van der Waals surface area (Å²) in [5, 5.41) is 0. The summed E-state index contributed by atoms with van der Waals surface area (Å²) in [4.78, 5) is 0. The van der Waals surface area contributed by atoms with Gasteiger partial charge in [0.25, 0.3) is 0 Å². The topological polar surface area (TPSA) is 23.8 Å². The van der Waals surface area contributed by atoms with Crippen LogP contribution in [-0.2, 0) is 0 Å². The summed E-state index contributed by atoms with van der Waals surface area (Å²) in [5.41, 5.74) is 6.92. The Bertz CT molecular complexity index is 41.4. The summed E-state index contributed by atoms with van der Waals surface area (Å²) in [5.74, 6) is 0. The van der Waals surface area contributed by atoms with E-state index in [9.17, 15) is 0 Å². The zero-order valence-electron chi connectivity index (χ0n) is 5.71. The summed E-state index contributed by atoms with van der Waals surface area (Å²) >= 11 is 0. The van der Waals surface area contributed by atoms with Gasteiger partial charge in [-0.25, -0.2) is 0 Å². The molecule has 0 bridgehead atoms. The Hall–Kier alpha value is 0.774. The Balaban J connectivity index is 0. The molecule has 0 aromatic rings. The van der Waals surface area contributed by atoms with Crippen molar-refractivity contribution in [2.45, 2.75) is 19.6 Å². The molecule has 38 valence electrons. The van der Waals surface area contributed by atoms with Crippen molar-refractivity contribution < 1.29 is 18.9 Å². The maximum atomic E-state index is 6.92. The summed E-state index contributed by atoms with van der Waals surface area (Å²) in [7, 11) is -0.965. The first kappa shape index (κ1) is 10.7. The molecular formula is C4H12LiNSi. The Kier molecular flexibility index (Phi) is 5.71. The van der Waals surface area contributed by atoms with Gasteiger partial charge in [0.2, 0.25) is 0 Å². The van der Waals surface area contributed by atoms with Gasteiger partial charge >= 0.3 is 18.9 Å². The third-order valence-electron chi connectivity index (χ3n) is 0.530. The molecule has 0 saturated carbocycles. The normalized spacial score (nSPS) is 10.3. The SMILES string of the molecule is C[Si](C)(C)C[NH-].[Li+]. The van der Waals surface area contributed by atoms with Crippen LogP contribution in [0.15, 0.2) is 0 Å². The van der Waals surface area contributed by atoms with Crippen molar-refractivity contribution in [3.05, 3.63) is 5.73 Å². The largest absolute Gasteiger partial charge is 1.00 e. The van der Waals surface area contributed by atoms with Gasteiger partial charge in [-0.15, -0.1) is 0 Å². The van der Waals surface area contributed by atoms with E-state index in [1.807, 2.05) is 0 Å². The van der Waals surface area contributed by atoms with E-state index < -0.39 is 8.07 Å². The first-order chi connectivity index (χ1) is 2.56. The van der Waals surface area contributed by atoms with Crippen LogP contribution in [0.4, 0.5) is 0 Å². The van der Waals surface area contributed by atoms with E-state index in [1.165, 1.54) is 0 Å². The fourth-order valence-corrected chi connectivity index (χ4v) is 0. The molecule has 0 unspecified atom stereocenters. The molecule has 0 saturated heterocycles. The third-order valence-corrected chi connectivity index (χ3v) is 1.59. The molecule has 1 nitrogen and oxygen atoms in total. The van der Waals surface area contributed by atoms with Crippen LogP contribution in [0.25, 0.3) is 5.73 Å². The molecule has 0 aliphatic rings. The van der Waals surface area contributed by atoms with E-state index in [1.54, 1.807) is 0 Å². The minimum atomic E-state index is -0.965. The molecular weight excluding hydrogens is 97.1 g/mol. The predicted octanol–water partition coefficient (Wildman–Crippen LogP) is -1.08. The second-order valence-corrected chi connectivity index (χ2v) is 8.21. The number of hydrogen-bond donors (Lipinski definition) is 0. The van der Waals surface area contributed by atoms with Crippen LogP contribution in [0.3, 0.4) is 0 Å². The Morgan fingerprint density at radius 2 is 1.43 bits per heavy atom. The smallest absolute Gasteiger partial charge is 0.680 e. The molecule has 0 aliphatic heterocycles. The summed E-state index contributed by atoms with van der Waals surface area (Å²) in [6.07, 6.45) is 0.660. The minimum absolute atomic E-state index is 0. The quantitative estimate of drug-likeness (QED) is 0.382. The van der Waals surface area contributed by atoms with E-state index in [0.29, 0.717) is 6.17 Å². The van der Waals surface area contributed by atoms with Gasteiger partial charge in [-0.2, -0.15) is 6.17 Å². The first-order valence-electron chi connectivity index (χ1n) is 2.21. The van der Waals surface area contributed by atoms with Crippen LogP contribution in [0.2, 0.25) is 19.6 Å². The van der Waals surface area contributed by atoms with E-state index in [-0.39, 0.29) is 18.9 Å². The number of hydrogen-bond acceptors (Lipinski definition) is 0. The zero-order valence-corrected chi connectivity index (χ0v) is 6.71. The molecule has 0 rings (SSSR count). The fraction of sp³-hybridized carbons (Fsp3) is 1.00. The maximum absolute atomic E-state index is 6.92. The van der Waals surface area contributed by atoms with Crippen LogP contribution >= 0.6 is 0 Å². The third kappa shape index (κ3) is 10.8. The van der Waals surface area contributed by atoms with Crippen LogP contribution in [0.5, 0.6) is 0 Å². The molecule has 0 radical (unpaired) electrons. The second kappa shape index (κ2) is 3.74. The van der Waals surface area contributed by atoms with Crippen molar-refractivity contribution in [3.63, 3.8) is 0 Å². The molecule has 0 aliphatic carbocycles. The Labute approximate surface area is 58.9 Å². The molecule has 0 amide bonds. The van der Waals surface area contributed by atoms with Crippen LogP contribution in [-0.4, -0.2) is 14.2 Å². The van der Waals surface area contributed by atoms with Crippen molar-refractivity contribution in [1.82, 2.24) is 0 Å². The average molecular weight is 109 g/mol. The van der Waals surface area contributed by atoms with E-state index in [0.717, 1.165) is 0 Å². The van der Waals surface area contributed by atoms with Gasteiger partial charge in [0.1, 0.15) is 0 Å². The van der Waals surface area contributed by atoms with Gasteiger partial charge < -0.3 is 5.73 Å². The van der Waals surface area contributed by atoms with Crippen LogP contribution in [0, 0.1) is 0 Å². The maximum Gasteiger partial charge on any atom is 1.00 e. The minimum Gasteiger partial charge on any atom is -0.680 e. The van der Waals surface area contributed by atoms with Crippen LogP contribution in [0.1, 0.15) is 0 Å². The van der Waals surface area contributed by atoms with Gasteiger partial charge in [0.05, 0.1) is 0 Å². The Morgan fingerprint density at radius 3 is 1.43 bits per heavy atom. The van der Waals surface area contributed by atoms with E-state index >= 15 is 0 Å². The van der Waals surface area contributed by atoms with Crippen LogP contribution < -0.4 is 18.9 Å². The molecule has 0 aromatic carbocycles. The van der Waals surface area contributed by atoms with Gasteiger partial charge in [-0.3, -0.25) is 0 Å². The molecule has 1 N–H and O–H groups in total. The molecule has 0 fully saturated rings. The molecule has 0 aromatic heterocycles. The van der Waals surface area contributed by atoms with Crippen molar-refractivity contribution in [2.24, 2.45) is 0 Å². The molecule has 7 heavy (non-hydrogen) atoms. The standard InChI is InChI=1S/C4H12NSi.Li/c1-6(2,3)4-5;/h5H,4H2,1-3H3;/q-1;+1. The summed E-state index contributed by atoms with van der Waals surface area (Å²) in [6.45, 7) is 6.58. The number of rotatable bonds is 1. The first-order valence-corrected chi connectivity index (χ1v) is 5.91. The molecule has 3 heteroatoms. The van der Waals surface area contributed by atoms with Crippen molar-refractivity contribution in [3.8, 4) is 0 Å². The molecule has 0 atom stereocenters. The van der Waals surface area contributed by atoms with Gasteiger partial charge in [0, 0.05) is 8.07 Å². The summed E-state index contributed by atoms with van der Waals surface area (Å²) in [6, 6.07) is 0. The van der Waals surface area contributed by atoms with Gasteiger partial charge in [-0.05, 0) is 0 Å². The van der Waals surface area contributed by atoms with Gasteiger partial charge in [0.15, 0.2) is 0 Å². The molecule has 0 spiro atoms. The number of nitrogens with one attached hydrogen (secondary N) is 1. The van der Waals surface area contributed by atoms with Crippen molar-refractivity contribution >= 4 is 8.07 Å². The second-order valence-electron chi connectivity index (χ2n) is 2.74. The summed E-state index contributed by atoms with van der Waals surface area (Å²) < 4.78 is 0. The Morgan fingerprint density at radius 1 is 1.29 bits per heavy atom. The van der Waals surface area contributed by atoms with Crippen molar-refractivity contribution in [1.29, 1.82) is 0 Å².